The molecule has 0 heterocycles. The van der Waals surface area contributed by atoms with E-state index in [1.807, 2.05) is 24.3 Å². The summed E-state index contributed by atoms with van der Waals surface area (Å²) in [6.45, 7) is 4.15. The molecule has 0 atom stereocenters. The van der Waals surface area contributed by atoms with Crippen LogP contribution < -0.4 is 0 Å². The normalized spacial score (nSPS) is 10.4. The van der Waals surface area contributed by atoms with Gasteiger partial charge in [0, 0.05) is 12.8 Å². The summed E-state index contributed by atoms with van der Waals surface area (Å²) in [4.78, 5) is 12.0. The molecule has 98 valence electrons. The van der Waals surface area contributed by atoms with Gasteiger partial charge in [-0.3, -0.25) is 4.79 Å². The van der Waals surface area contributed by atoms with Crippen molar-refractivity contribution in [2.45, 2.75) is 33.1 Å². The first-order valence-corrected chi connectivity index (χ1v) is 6.77. The maximum atomic E-state index is 12.0. The largest absolute Gasteiger partial charge is 0.299 e. The number of carbonyl (C=O) groups excluding carboxylic acids is 1. The van der Waals surface area contributed by atoms with Crippen molar-refractivity contribution in [3.05, 3.63) is 70.8 Å². The van der Waals surface area contributed by atoms with E-state index in [1.54, 1.807) is 0 Å². The minimum Gasteiger partial charge on any atom is -0.299 e. The molecule has 0 saturated heterocycles. The summed E-state index contributed by atoms with van der Waals surface area (Å²) >= 11 is 0. The van der Waals surface area contributed by atoms with Gasteiger partial charge in [0.2, 0.25) is 0 Å². The molecule has 2 rings (SSSR count). The molecule has 0 amide bonds. The Bertz CT molecular complexity index is 569. The fourth-order valence-electron chi connectivity index (χ4n) is 2.30. The number of hydrogen-bond acceptors (Lipinski definition) is 1. The van der Waals surface area contributed by atoms with E-state index in [2.05, 4.69) is 38.1 Å². The highest BCUT2D eigenvalue weighted by Crippen LogP contribution is 2.11. The number of ketones is 1. The summed E-state index contributed by atoms with van der Waals surface area (Å²) in [5.41, 5.74) is 4.88. The van der Waals surface area contributed by atoms with Crippen LogP contribution in [-0.4, -0.2) is 5.78 Å². The number of carbonyl (C=O) groups is 1. The third-order valence-electron chi connectivity index (χ3n) is 3.42. The number of aryl methyl sites for hydroxylation is 3. The minimum atomic E-state index is 0.314. The van der Waals surface area contributed by atoms with Crippen LogP contribution in [0.15, 0.2) is 48.5 Å². The van der Waals surface area contributed by atoms with E-state index in [0.29, 0.717) is 18.6 Å². The van der Waals surface area contributed by atoms with Gasteiger partial charge in [0.25, 0.3) is 0 Å². The van der Waals surface area contributed by atoms with Crippen LogP contribution in [-0.2, 0) is 17.6 Å². The molecule has 0 aromatic heterocycles. The Morgan fingerprint density at radius 3 is 2.53 bits per heavy atom. The summed E-state index contributed by atoms with van der Waals surface area (Å²) < 4.78 is 0. The second-order valence-electron chi connectivity index (χ2n) is 5.13. The standard InChI is InChI=1S/C18H20O/c1-14-6-5-8-16(12-14)13-18(19)11-10-17-9-4-3-7-15(17)2/h3-9,12H,10-11,13H2,1-2H3. The van der Waals surface area contributed by atoms with Gasteiger partial charge in [-0.2, -0.15) is 0 Å². The highest BCUT2D eigenvalue weighted by Gasteiger charge is 2.05. The number of Topliss-reactive ketones (excluding diaryl/α,β-unsaturated/α-hetero) is 1. The number of benzene rings is 2. The first-order chi connectivity index (χ1) is 9.15. The Morgan fingerprint density at radius 2 is 1.79 bits per heavy atom. The molecule has 2 aromatic carbocycles. The first kappa shape index (κ1) is 13.5. The van der Waals surface area contributed by atoms with Gasteiger partial charge < -0.3 is 0 Å². The summed E-state index contributed by atoms with van der Waals surface area (Å²) in [5, 5.41) is 0. The zero-order valence-corrected chi connectivity index (χ0v) is 11.6. The van der Waals surface area contributed by atoms with Crippen molar-refractivity contribution in [1.82, 2.24) is 0 Å². The molecule has 2 aromatic rings. The van der Waals surface area contributed by atoms with Crippen LogP contribution in [0, 0.1) is 13.8 Å². The molecule has 0 fully saturated rings. The highest BCUT2D eigenvalue weighted by atomic mass is 16.1. The highest BCUT2D eigenvalue weighted by molar-refractivity contribution is 5.81. The molecule has 19 heavy (non-hydrogen) atoms. The average Bonchev–Trinajstić information content (AvgIpc) is 2.38. The van der Waals surface area contributed by atoms with Gasteiger partial charge in [0.05, 0.1) is 0 Å². The maximum absolute atomic E-state index is 12.0. The molecule has 0 aliphatic carbocycles. The lowest BCUT2D eigenvalue weighted by Crippen LogP contribution is -2.05. The Labute approximate surface area is 115 Å². The third-order valence-corrected chi connectivity index (χ3v) is 3.42. The van der Waals surface area contributed by atoms with Crippen LogP contribution >= 0.6 is 0 Å². The third kappa shape index (κ3) is 4.06. The lowest BCUT2D eigenvalue weighted by molar-refractivity contribution is -0.118. The molecule has 1 heteroatoms. The second-order valence-corrected chi connectivity index (χ2v) is 5.13. The van der Waals surface area contributed by atoms with Crippen LogP contribution in [0.5, 0.6) is 0 Å². The number of rotatable bonds is 5. The van der Waals surface area contributed by atoms with Crippen molar-refractivity contribution in [1.29, 1.82) is 0 Å². The van der Waals surface area contributed by atoms with Gasteiger partial charge in [-0.25, -0.2) is 0 Å². The van der Waals surface area contributed by atoms with E-state index in [-0.39, 0.29) is 0 Å². The molecule has 0 aliphatic heterocycles. The van der Waals surface area contributed by atoms with Crippen LogP contribution in [0.1, 0.15) is 28.7 Å². The van der Waals surface area contributed by atoms with Gasteiger partial charge in [0.1, 0.15) is 5.78 Å². The van der Waals surface area contributed by atoms with Gasteiger partial charge in [-0.05, 0) is 37.0 Å². The predicted molar refractivity (Wildman–Crippen MR) is 79.4 cm³/mol. The second kappa shape index (κ2) is 6.33. The van der Waals surface area contributed by atoms with Crippen LogP contribution in [0.4, 0.5) is 0 Å². The van der Waals surface area contributed by atoms with Crippen molar-refractivity contribution in [2.24, 2.45) is 0 Å². The lowest BCUT2D eigenvalue weighted by atomic mass is 9.99. The van der Waals surface area contributed by atoms with Crippen molar-refractivity contribution < 1.29 is 4.79 Å². The van der Waals surface area contributed by atoms with E-state index in [1.165, 1.54) is 16.7 Å². The molecule has 0 aliphatic rings. The SMILES string of the molecule is Cc1cccc(CC(=O)CCc2ccccc2C)c1. The van der Waals surface area contributed by atoms with E-state index in [0.717, 1.165) is 12.0 Å². The molecular formula is C18H20O. The van der Waals surface area contributed by atoms with Crippen LogP contribution in [0.3, 0.4) is 0 Å². The topological polar surface area (TPSA) is 17.1 Å². The van der Waals surface area contributed by atoms with E-state index >= 15 is 0 Å². The van der Waals surface area contributed by atoms with Crippen molar-refractivity contribution in [3.63, 3.8) is 0 Å². The molecule has 0 spiro atoms. The van der Waals surface area contributed by atoms with E-state index < -0.39 is 0 Å². The summed E-state index contributed by atoms with van der Waals surface area (Å²) in [6.07, 6.45) is 2.02. The summed E-state index contributed by atoms with van der Waals surface area (Å²) in [6, 6.07) is 16.5. The van der Waals surface area contributed by atoms with Crippen LogP contribution in [0.2, 0.25) is 0 Å². The van der Waals surface area contributed by atoms with E-state index in [4.69, 9.17) is 0 Å². The molecule has 0 saturated carbocycles. The predicted octanol–water partition coefficient (Wildman–Crippen LogP) is 4.05. The lowest BCUT2D eigenvalue weighted by Gasteiger charge is -2.05. The van der Waals surface area contributed by atoms with Crippen molar-refractivity contribution >= 4 is 5.78 Å². The molecule has 0 unspecified atom stereocenters. The Hall–Kier alpha value is -1.89. The monoisotopic (exact) mass is 252 g/mol. The Kier molecular flexibility index (Phi) is 4.51. The van der Waals surface area contributed by atoms with Gasteiger partial charge >= 0.3 is 0 Å². The molecule has 0 N–H and O–H groups in total. The van der Waals surface area contributed by atoms with Gasteiger partial charge in [-0.1, -0.05) is 54.1 Å². The average molecular weight is 252 g/mol. The van der Waals surface area contributed by atoms with Crippen molar-refractivity contribution in [3.8, 4) is 0 Å². The van der Waals surface area contributed by atoms with Gasteiger partial charge in [-0.15, -0.1) is 0 Å². The molecule has 0 bridgehead atoms. The first-order valence-electron chi connectivity index (χ1n) is 6.77. The zero-order valence-electron chi connectivity index (χ0n) is 11.6. The smallest absolute Gasteiger partial charge is 0.137 e. The van der Waals surface area contributed by atoms with E-state index in [9.17, 15) is 4.79 Å². The van der Waals surface area contributed by atoms with Gasteiger partial charge in [0.15, 0.2) is 0 Å². The Morgan fingerprint density at radius 1 is 1.00 bits per heavy atom. The van der Waals surface area contributed by atoms with Crippen LogP contribution in [0.25, 0.3) is 0 Å². The fraction of sp³-hybridized carbons (Fsp3) is 0.278. The summed E-state index contributed by atoms with van der Waals surface area (Å²) in [7, 11) is 0. The summed E-state index contributed by atoms with van der Waals surface area (Å²) in [5.74, 6) is 0.314. The zero-order chi connectivity index (χ0) is 13.7. The molecule has 0 radical (unpaired) electrons. The quantitative estimate of drug-likeness (QED) is 0.784. The number of hydrogen-bond donors (Lipinski definition) is 0. The minimum absolute atomic E-state index is 0.314. The van der Waals surface area contributed by atoms with Crippen molar-refractivity contribution in [2.75, 3.05) is 0 Å². The maximum Gasteiger partial charge on any atom is 0.137 e. The fourth-order valence-corrected chi connectivity index (χ4v) is 2.30. The molecule has 1 nitrogen and oxygen atoms in total. The Balaban J connectivity index is 1.90. The molecular weight excluding hydrogens is 232 g/mol.